The Kier molecular flexibility index (Phi) is 12.6. The number of carbonyl (C=O) groups is 3. The molecule has 2 aromatic heterocycles. The van der Waals surface area contributed by atoms with E-state index in [0.717, 1.165) is 83.1 Å². The van der Waals surface area contributed by atoms with Crippen LogP contribution < -0.4 is 10.2 Å². The number of aromatic nitrogens is 2. The molecule has 5 aromatic rings. The number of rotatable bonds is 12. The van der Waals surface area contributed by atoms with Gasteiger partial charge in [0.25, 0.3) is 5.91 Å². The zero-order valence-electron chi connectivity index (χ0n) is 34.6. The van der Waals surface area contributed by atoms with E-state index in [1.54, 1.807) is 0 Å². The average molecular weight is 802 g/mol. The highest BCUT2D eigenvalue weighted by atomic mass is 32.1. The van der Waals surface area contributed by atoms with Crippen LogP contribution in [0.2, 0.25) is 0 Å². The topological polar surface area (TPSA) is 114 Å². The minimum Gasteiger partial charge on any atom is -0.465 e. The summed E-state index contributed by atoms with van der Waals surface area (Å²) in [5.41, 5.74) is 7.14. The first-order chi connectivity index (χ1) is 27.8. The van der Waals surface area contributed by atoms with Crippen LogP contribution in [0.5, 0.6) is 0 Å². The number of para-hydroxylation sites is 1. The molecule has 10 nitrogen and oxygen atoms in total. The Hall–Kier alpha value is -5.13. The van der Waals surface area contributed by atoms with E-state index in [2.05, 4.69) is 58.2 Å². The number of anilines is 2. The Morgan fingerprint density at radius 2 is 1.78 bits per heavy atom. The highest BCUT2D eigenvalue weighted by molar-refractivity contribution is 7.22. The van der Waals surface area contributed by atoms with E-state index in [9.17, 15) is 14.4 Å². The second kappa shape index (κ2) is 17.8. The van der Waals surface area contributed by atoms with Crippen LogP contribution in [0.4, 0.5) is 10.9 Å². The summed E-state index contributed by atoms with van der Waals surface area (Å²) in [7, 11) is 0. The summed E-state index contributed by atoms with van der Waals surface area (Å²) < 4.78 is 12.1. The van der Waals surface area contributed by atoms with Crippen molar-refractivity contribution in [3.8, 4) is 11.1 Å². The standard InChI is InChI=1S/C47H55N5O5S/c1-7-56-42(53)29-51-24-22-33(27-31(51)3)13-10-12-32-18-19-35(30(2)26-32)36-20-21-41(49-43(36)45(55)57-47(4,5)6)52-25-23-34-14-11-15-37(38(34)28-52)44(54)50-46-48-39-16-8-9-17-40(39)58-46/h8-9,11,14-21,26,31,33H,7,10,12-13,22-25,27-29H2,1-6H3,(H,48,50,54)/t31-,33-/m0/s1. The Bertz CT molecular complexity index is 2260. The van der Waals surface area contributed by atoms with E-state index in [0.29, 0.717) is 54.7 Å². The molecule has 0 spiro atoms. The number of amides is 1. The maximum absolute atomic E-state index is 13.9. The Morgan fingerprint density at radius 1 is 0.966 bits per heavy atom. The number of aryl methyl sites for hydroxylation is 2. The smallest absolute Gasteiger partial charge is 0.358 e. The lowest BCUT2D eigenvalue weighted by Crippen LogP contribution is -2.43. The van der Waals surface area contributed by atoms with Crippen molar-refractivity contribution < 1.29 is 23.9 Å². The van der Waals surface area contributed by atoms with Crippen LogP contribution in [-0.4, -0.2) is 70.6 Å². The second-order valence-corrected chi connectivity index (χ2v) is 17.7. The number of pyridine rings is 1. The van der Waals surface area contributed by atoms with Crippen molar-refractivity contribution in [3.63, 3.8) is 0 Å². The predicted octanol–water partition coefficient (Wildman–Crippen LogP) is 9.42. The second-order valence-electron chi connectivity index (χ2n) is 16.7. The Balaban J connectivity index is 1.06. The number of likely N-dealkylation sites (tertiary alicyclic amines) is 1. The van der Waals surface area contributed by atoms with Gasteiger partial charge in [-0.25, -0.2) is 14.8 Å². The molecular formula is C47H55N5O5S. The van der Waals surface area contributed by atoms with Crippen LogP contribution in [0.15, 0.2) is 72.8 Å². The summed E-state index contributed by atoms with van der Waals surface area (Å²) in [6, 6.07) is 24.6. The molecule has 11 heteroatoms. The number of nitrogens with zero attached hydrogens (tertiary/aromatic N) is 4. The number of benzene rings is 3. The van der Waals surface area contributed by atoms with Gasteiger partial charge in [-0.2, -0.15) is 0 Å². The minimum atomic E-state index is -0.699. The first-order valence-corrected chi connectivity index (χ1v) is 21.4. The maximum Gasteiger partial charge on any atom is 0.358 e. The predicted molar refractivity (Wildman–Crippen MR) is 232 cm³/mol. The number of hydrogen-bond donors (Lipinski definition) is 1. The summed E-state index contributed by atoms with van der Waals surface area (Å²) in [5, 5.41) is 3.59. The third-order valence-corrected chi connectivity index (χ3v) is 12.2. The van der Waals surface area contributed by atoms with Crippen molar-refractivity contribution in [2.75, 3.05) is 36.5 Å². The van der Waals surface area contributed by atoms with Crippen LogP contribution in [0, 0.1) is 12.8 Å². The molecule has 0 radical (unpaired) electrons. The van der Waals surface area contributed by atoms with Crippen molar-refractivity contribution in [2.24, 2.45) is 5.92 Å². The van der Waals surface area contributed by atoms with Gasteiger partial charge >= 0.3 is 11.9 Å². The fourth-order valence-corrected chi connectivity index (χ4v) is 9.23. The fraction of sp³-hybridized carbons (Fsp3) is 0.426. The molecule has 2 aliphatic rings. The van der Waals surface area contributed by atoms with Crippen molar-refractivity contribution >= 4 is 50.3 Å². The molecule has 1 saturated heterocycles. The molecule has 304 valence electrons. The molecular weight excluding hydrogens is 747 g/mol. The molecule has 0 aliphatic carbocycles. The van der Waals surface area contributed by atoms with E-state index >= 15 is 0 Å². The van der Waals surface area contributed by atoms with Crippen LogP contribution >= 0.6 is 11.3 Å². The van der Waals surface area contributed by atoms with Crippen LogP contribution in [0.3, 0.4) is 0 Å². The van der Waals surface area contributed by atoms with Crippen molar-refractivity contribution in [3.05, 3.63) is 106 Å². The molecule has 4 heterocycles. The number of hydrogen-bond acceptors (Lipinski definition) is 10. The SMILES string of the molecule is CCOC(=O)CN1CC[C@H](CCCc2ccc(-c3ccc(N4CCc5cccc(C(=O)Nc6nc7ccccc7s6)c5C4)nc3C(=O)OC(C)(C)C)c(C)c2)C[C@@H]1C. The lowest BCUT2D eigenvalue weighted by atomic mass is 9.87. The molecule has 0 saturated carbocycles. The highest BCUT2D eigenvalue weighted by Gasteiger charge is 2.29. The quantitative estimate of drug-likeness (QED) is 0.123. The first kappa shape index (κ1) is 41.0. The lowest BCUT2D eigenvalue weighted by Gasteiger charge is -2.37. The third-order valence-electron chi connectivity index (χ3n) is 11.2. The number of fused-ring (bicyclic) bond motifs is 2. The number of piperidine rings is 1. The van der Waals surface area contributed by atoms with Gasteiger partial charge in [-0.05, 0) is 144 Å². The van der Waals surface area contributed by atoms with Gasteiger partial charge in [0.2, 0.25) is 0 Å². The molecule has 0 bridgehead atoms. The van der Waals surface area contributed by atoms with E-state index < -0.39 is 11.6 Å². The van der Waals surface area contributed by atoms with Crippen LogP contribution in [0.25, 0.3) is 21.3 Å². The number of ether oxygens (including phenoxy) is 2. The van der Waals surface area contributed by atoms with Gasteiger partial charge in [0, 0.05) is 30.3 Å². The van der Waals surface area contributed by atoms with E-state index in [4.69, 9.17) is 14.5 Å². The van der Waals surface area contributed by atoms with Crippen molar-refractivity contribution in [1.29, 1.82) is 0 Å². The zero-order valence-corrected chi connectivity index (χ0v) is 35.4. The van der Waals surface area contributed by atoms with Gasteiger partial charge in [-0.3, -0.25) is 19.8 Å². The molecule has 58 heavy (non-hydrogen) atoms. The largest absolute Gasteiger partial charge is 0.465 e. The van der Waals surface area contributed by atoms with Crippen LogP contribution in [-0.2, 0) is 33.7 Å². The molecule has 1 amide bonds. The molecule has 0 unspecified atom stereocenters. The zero-order chi connectivity index (χ0) is 41.0. The number of carbonyl (C=O) groups excluding carboxylic acids is 3. The molecule has 2 aliphatic heterocycles. The van der Waals surface area contributed by atoms with Gasteiger partial charge < -0.3 is 14.4 Å². The summed E-state index contributed by atoms with van der Waals surface area (Å²) in [5.74, 6) is 0.507. The Labute approximate surface area is 346 Å². The Morgan fingerprint density at radius 3 is 2.53 bits per heavy atom. The molecule has 7 rings (SSSR count). The van der Waals surface area contributed by atoms with Crippen molar-refractivity contribution in [2.45, 2.75) is 98.3 Å². The van der Waals surface area contributed by atoms with E-state index in [-0.39, 0.29) is 17.6 Å². The highest BCUT2D eigenvalue weighted by Crippen LogP contribution is 2.34. The summed E-state index contributed by atoms with van der Waals surface area (Å²) >= 11 is 1.46. The monoisotopic (exact) mass is 801 g/mol. The first-order valence-electron chi connectivity index (χ1n) is 20.6. The molecule has 2 atom stereocenters. The van der Waals surface area contributed by atoms with Gasteiger partial charge in [0.05, 0.1) is 23.4 Å². The number of nitrogens with one attached hydrogen (secondary N) is 1. The van der Waals surface area contributed by atoms with Gasteiger partial charge in [0.15, 0.2) is 10.8 Å². The maximum atomic E-state index is 13.9. The lowest BCUT2D eigenvalue weighted by molar-refractivity contribution is -0.145. The number of esters is 2. The number of thiazole rings is 1. The van der Waals surface area contributed by atoms with Crippen LogP contribution in [0.1, 0.15) is 103 Å². The average Bonchev–Trinajstić information content (AvgIpc) is 3.60. The molecule has 1 fully saturated rings. The summed E-state index contributed by atoms with van der Waals surface area (Å²) in [6.45, 7) is 14.6. The normalized spacial score (nSPS) is 17.2. The molecule has 3 aromatic carbocycles. The van der Waals surface area contributed by atoms with Gasteiger partial charge in [0.1, 0.15) is 11.4 Å². The third kappa shape index (κ3) is 9.76. The van der Waals surface area contributed by atoms with Gasteiger partial charge in [-0.15, -0.1) is 0 Å². The van der Waals surface area contributed by atoms with Crippen molar-refractivity contribution in [1.82, 2.24) is 14.9 Å². The fourth-order valence-electron chi connectivity index (χ4n) is 8.37. The van der Waals surface area contributed by atoms with Gasteiger partial charge in [-0.1, -0.05) is 60.2 Å². The van der Waals surface area contributed by atoms with E-state index in [1.807, 2.05) is 76.2 Å². The summed E-state index contributed by atoms with van der Waals surface area (Å²) in [4.78, 5) is 53.6. The minimum absolute atomic E-state index is 0.136. The van der Waals surface area contributed by atoms with E-state index in [1.165, 1.54) is 16.9 Å². The summed E-state index contributed by atoms with van der Waals surface area (Å²) in [6.07, 6.45) is 6.16. The molecule has 1 N–H and O–H groups in total.